The number of ketones is 1. The lowest BCUT2D eigenvalue weighted by Crippen LogP contribution is -2.17. The summed E-state index contributed by atoms with van der Waals surface area (Å²) in [6.07, 6.45) is 2.44. The zero-order chi connectivity index (χ0) is 20.4. The highest BCUT2D eigenvalue weighted by Gasteiger charge is 2.21. The van der Waals surface area contributed by atoms with Crippen LogP contribution in [0.4, 0.5) is 0 Å². The molecular weight excluding hydrogens is 386 g/mol. The van der Waals surface area contributed by atoms with E-state index < -0.39 is 0 Å². The van der Waals surface area contributed by atoms with Crippen LogP contribution in [0, 0.1) is 20.8 Å². The van der Waals surface area contributed by atoms with Crippen molar-refractivity contribution in [3.63, 3.8) is 0 Å². The molecule has 6 nitrogen and oxygen atoms in total. The molecule has 2 aromatic heterocycles. The SMILES string of the molecule is Cc1ccccc1-c1nnc(SCC(=O)c2cc(C)n(C[C@H]3CCCO3)c2C)o1. The van der Waals surface area contributed by atoms with Gasteiger partial charge >= 0.3 is 0 Å². The molecule has 3 aromatic rings. The monoisotopic (exact) mass is 411 g/mol. The Morgan fingerprint density at radius 3 is 2.83 bits per heavy atom. The first kappa shape index (κ1) is 19.9. The Kier molecular flexibility index (Phi) is 5.87. The molecule has 0 unspecified atom stereocenters. The summed E-state index contributed by atoms with van der Waals surface area (Å²) in [6, 6.07) is 9.83. The Morgan fingerprint density at radius 1 is 1.24 bits per heavy atom. The van der Waals surface area contributed by atoms with E-state index in [0.29, 0.717) is 11.1 Å². The molecule has 0 radical (unpaired) electrons. The Labute approximate surface area is 174 Å². The van der Waals surface area contributed by atoms with E-state index in [4.69, 9.17) is 9.15 Å². The van der Waals surface area contributed by atoms with Crippen LogP contribution in [-0.4, -0.2) is 39.0 Å². The lowest BCUT2D eigenvalue weighted by atomic mass is 10.1. The number of Topliss-reactive ketones (excluding diaryl/α,β-unsaturated/α-hetero) is 1. The molecule has 0 bridgehead atoms. The summed E-state index contributed by atoms with van der Waals surface area (Å²) in [5.41, 5.74) is 4.82. The van der Waals surface area contributed by atoms with Gasteiger partial charge in [-0.2, -0.15) is 0 Å². The minimum atomic E-state index is 0.0670. The van der Waals surface area contributed by atoms with E-state index in [1.54, 1.807) is 0 Å². The van der Waals surface area contributed by atoms with Gasteiger partial charge < -0.3 is 13.7 Å². The molecule has 0 aliphatic carbocycles. The number of carbonyl (C=O) groups is 1. The Bertz CT molecular complexity index is 1020. The molecule has 29 heavy (non-hydrogen) atoms. The van der Waals surface area contributed by atoms with Crippen molar-refractivity contribution in [1.82, 2.24) is 14.8 Å². The molecule has 1 aliphatic rings. The molecule has 0 amide bonds. The number of aryl methyl sites for hydroxylation is 2. The summed E-state index contributed by atoms with van der Waals surface area (Å²) in [5, 5.41) is 8.62. The molecular formula is C22H25N3O3S. The van der Waals surface area contributed by atoms with Gasteiger partial charge in [0.05, 0.1) is 11.9 Å². The van der Waals surface area contributed by atoms with Gasteiger partial charge in [-0.3, -0.25) is 4.79 Å². The van der Waals surface area contributed by atoms with E-state index in [-0.39, 0.29) is 17.6 Å². The summed E-state index contributed by atoms with van der Waals surface area (Å²) in [4.78, 5) is 12.8. The van der Waals surface area contributed by atoms with Crippen LogP contribution in [0.25, 0.3) is 11.5 Å². The van der Waals surface area contributed by atoms with Crippen LogP contribution in [0.5, 0.6) is 0 Å². The first-order valence-corrected chi connectivity index (χ1v) is 10.9. The number of nitrogens with zero attached hydrogens (tertiary/aromatic N) is 3. The molecule has 0 N–H and O–H groups in total. The number of thioether (sulfide) groups is 1. The fourth-order valence-electron chi connectivity index (χ4n) is 3.75. The minimum Gasteiger partial charge on any atom is -0.411 e. The second-order valence-electron chi connectivity index (χ2n) is 7.43. The minimum absolute atomic E-state index is 0.0670. The number of carbonyl (C=O) groups excluding carboxylic acids is 1. The van der Waals surface area contributed by atoms with E-state index in [1.165, 1.54) is 11.8 Å². The van der Waals surface area contributed by atoms with Crippen molar-refractivity contribution >= 4 is 17.5 Å². The highest BCUT2D eigenvalue weighted by molar-refractivity contribution is 7.99. The van der Waals surface area contributed by atoms with Crippen molar-refractivity contribution in [2.24, 2.45) is 0 Å². The van der Waals surface area contributed by atoms with Crippen molar-refractivity contribution in [3.05, 3.63) is 52.8 Å². The third-order valence-electron chi connectivity index (χ3n) is 5.39. The standard InChI is InChI=1S/C22H25N3O3S/c1-14-7-4-5-9-18(14)21-23-24-22(28-21)29-13-20(26)19-11-15(2)25(16(19)3)12-17-8-6-10-27-17/h4-5,7,9,11,17H,6,8,10,12-13H2,1-3H3/t17-/m1/s1. The molecule has 3 heterocycles. The topological polar surface area (TPSA) is 70.2 Å². The number of ether oxygens (including phenoxy) is 1. The fraction of sp³-hybridized carbons (Fsp3) is 0.409. The van der Waals surface area contributed by atoms with Crippen molar-refractivity contribution in [2.45, 2.75) is 51.5 Å². The number of benzene rings is 1. The molecule has 1 aromatic carbocycles. The highest BCUT2D eigenvalue weighted by atomic mass is 32.2. The van der Waals surface area contributed by atoms with Crippen LogP contribution < -0.4 is 0 Å². The van der Waals surface area contributed by atoms with Crippen LogP contribution in [0.1, 0.15) is 40.2 Å². The Hall–Kier alpha value is -2.38. The summed E-state index contributed by atoms with van der Waals surface area (Å²) in [6.45, 7) is 7.69. The van der Waals surface area contributed by atoms with Gasteiger partial charge in [-0.15, -0.1) is 10.2 Å². The molecule has 1 fully saturated rings. The first-order chi connectivity index (χ1) is 14.0. The molecule has 0 saturated carbocycles. The van der Waals surface area contributed by atoms with E-state index in [2.05, 4.69) is 14.8 Å². The normalized spacial score (nSPS) is 16.4. The van der Waals surface area contributed by atoms with E-state index in [9.17, 15) is 4.79 Å². The molecule has 1 saturated heterocycles. The zero-order valence-electron chi connectivity index (χ0n) is 17.0. The largest absolute Gasteiger partial charge is 0.411 e. The van der Waals surface area contributed by atoms with Gasteiger partial charge in [0.25, 0.3) is 5.22 Å². The Morgan fingerprint density at radius 2 is 2.07 bits per heavy atom. The summed E-state index contributed by atoms with van der Waals surface area (Å²) in [5.74, 6) is 0.810. The molecule has 1 atom stereocenters. The predicted molar refractivity (Wildman–Crippen MR) is 112 cm³/mol. The smallest absolute Gasteiger partial charge is 0.277 e. The average Bonchev–Trinajstić information content (AvgIpc) is 3.44. The van der Waals surface area contributed by atoms with Gasteiger partial charge in [0.15, 0.2) is 5.78 Å². The third-order valence-corrected chi connectivity index (χ3v) is 6.21. The first-order valence-electron chi connectivity index (χ1n) is 9.86. The predicted octanol–water partition coefficient (Wildman–Crippen LogP) is 4.62. The molecule has 4 rings (SSSR count). The summed E-state index contributed by atoms with van der Waals surface area (Å²) >= 11 is 1.28. The lowest BCUT2D eigenvalue weighted by molar-refractivity contribution is 0.0957. The zero-order valence-corrected chi connectivity index (χ0v) is 17.8. The lowest BCUT2D eigenvalue weighted by Gasteiger charge is -2.14. The summed E-state index contributed by atoms with van der Waals surface area (Å²) in [7, 11) is 0. The van der Waals surface area contributed by atoms with Gasteiger partial charge in [0, 0.05) is 35.7 Å². The molecule has 1 aliphatic heterocycles. The molecule has 0 spiro atoms. The van der Waals surface area contributed by atoms with Crippen molar-refractivity contribution < 1.29 is 13.9 Å². The number of rotatable bonds is 7. The van der Waals surface area contributed by atoms with Crippen LogP contribution in [-0.2, 0) is 11.3 Å². The van der Waals surface area contributed by atoms with Gasteiger partial charge in [-0.1, -0.05) is 30.0 Å². The number of aromatic nitrogens is 3. The maximum Gasteiger partial charge on any atom is 0.277 e. The van der Waals surface area contributed by atoms with Crippen molar-refractivity contribution in [2.75, 3.05) is 12.4 Å². The van der Waals surface area contributed by atoms with Gasteiger partial charge in [-0.25, -0.2) is 0 Å². The Balaban J connectivity index is 1.42. The fourth-order valence-corrected chi connectivity index (χ4v) is 4.40. The van der Waals surface area contributed by atoms with Gasteiger partial charge in [0.2, 0.25) is 5.89 Å². The van der Waals surface area contributed by atoms with Crippen LogP contribution in [0.2, 0.25) is 0 Å². The molecule has 7 heteroatoms. The second kappa shape index (κ2) is 8.55. The van der Waals surface area contributed by atoms with Crippen LogP contribution in [0.3, 0.4) is 0 Å². The maximum atomic E-state index is 12.8. The van der Waals surface area contributed by atoms with Crippen molar-refractivity contribution in [3.8, 4) is 11.5 Å². The number of hydrogen-bond acceptors (Lipinski definition) is 6. The highest BCUT2D eigenvalue weighted by Crippen LogP contribution is 2.27. The average molecular weight is 412 g/mol. The van der Waals surface area contributed by atoms with Gasteiger partial charge in [0.1, 0.15) is 0 Å². The second-order valence-corrected chi connectivity index (χ2v) is 8.36. The van der Waals surface area contributed by atoms with E-state index in [0.717, 1.165) is 54.1 Å². The molecule has 152 valence electrons. The quantitative estimate of drug-likeness (QED) is 0.417. The van der Waals surface area contributed by atoms with Crippen molar-refractivity contribution in [1.29, 1.82) is 0 Å². The number of hydrogen-bond donors (Lipinski definition) is 0. The van der Waals surface area contributed by atoms with Gasteiger partial charge in [-0.05, 0) is 51.3 Å². The van der Waals surface area contributed by atoms with E-state index in [1.807, 2.05) is 51.1 Å². The van der Waals surface area contributed by atoms with E-state index >= 15 is 0 Å². The van der Waals surface area contributed by atoms with Crippen LogP contribution >= 0.6 is 11.8 Å². The van der Waals surface area contributed by atoms with Crippen LogP contribution in [0.15, 0.2) is 40.0 Å². The third kappa shape index (κ3) is 4.31. The maximum absolute atomic E-state index is 12.8. The summed E-state index contributed by atoms with van der Waals surface area (Å²) < 4.78 is 13.7.